The number of methoxy groups -OCH3 is 1. The molecule has 0 radical (unpaired) electrons. The zero-order chi connectivity index (χ0) is 12.0. The van der Waals surface area contributed by atoms with Crippen LogP contribution in [-0.4, -0.2) is 24.9 Å². The summed E-state index contributed by atoms with van der Waals surface area (Å²) in [5.41, 5.74) is -0.858. The van der Waals surface area contributed by atoms with E-state index in [0.717, 1.165) is 0 Å². The molecule has 0 saturated heterocycles. The highest BCUT2D eigenvalue weighted by atomic mass is 79.9. The number of rotatable bonds is 5. The first-order valence-corrected chi connectivity index (χ1v) is 5.64. The average Bonchev–Trinajstić information content (AvgIpc) is 2.36. The van der Waals surface area contributed by atoms with E-state index in [1.807, 2.05) is 0 Å². The summed E-state index contributed by atoms with van der Waals surface area (Å²) in [5.74, 6) is -0.623. The molecule has 0 fully saturated rings. The smallest absolute Gasteiger partial charge is 0.356 e. The lowest BCUT2D eigenvalue weighted by Gasteiger charge is -2.27. The minimum absolute atomic E-state index is 0.134. The van der Waals surface area contributed by atoms with E-state index in [1.165, 1.54) is 7.11 Å². The summed E-state index contributed by atoms with van der Waals surface area (Å²) in [6.45, 7) is 0.241. The second kappa shape index (κ2) is 5.65. The first-order chi connectivity index (χ1) is 7.71. The molecule has 16 heavy (non-hydrogen) atoms. The Morgan fingerprint density at radius 3 is 2.50 bits per heavy atom. The van der Waals surface area contributed by atoms with Crippen molar-refractivity contribution in [2.75, 3.05) is 12.4 Å². The van der Waals surface area contributed by atoms with E-state index >= 15 is 0 Å². The highest BCUT2D eigenvalue weighted by molar-refractivity contribution is 9.09. The molecule has 0 spiro atoms. The molecule has 1 unspecified atom stereocenters. The number of hydrogen-bond acceptors (Lipinski definition) is 4. The van der Waals surface area contributed by atoms with Crippen LogP contribution in [0.1, 0.15) is 5.56 Å². The van der Waals surface area contributed by atoms with Crippen LogP contribution in [0.2, 0.25) is 0 Å². The monoisotopic (exact) mass is 286 g/mol. The third kappa shape index (κ3) is 2.24. The molecule has 4 nitrogen and oxygen atoms in total. The molecule has 1 atom stereocenters. The van der Waals surface area contributed by atoms with Gasteiger partial charge in [0, 0.05) is 5.56 Å². The van der Waals surface area contributed by atoms with Crippen LogP contribution in [0.5, 0.6) is 0 Å². The SMILES string of the molecule is COC(=O)C(CBr)(OC=O)c1ccccc1. The fraction of sp³-hybridized carbons (Fsp3) is 0.273. The van der Waals surface area contributed by atoms with Crippen molar-refractivity contribution in [3.8, 4) is 0 Å². The van der Waals surface area contributed by atoms with Crippen LogP contribution in [0.3, 0.4) is 0 Å². The van der Waals surface area contributed by atoms with Gasteiger partial charge < -0.3 is 9.47 Å². The van der Waals surface area contributed by atoms with Crippen molar-refractivity contribution in [3.05, 3.63) is 35.9 Å². The summed E-state index contributed by atoms with van der Waals surface area (Å²) in [4.78, 5) is 22.2. The Morgan fingerprint density at radius 2 is 2.06 bits per heavy atom. The molecule has 0 bridgehead atoms. The van der Waals surface area contributed by atoms with Gasteiger partial charge in [0.2, 0.25) is 5.60 Å². The Hall–Kier alpha value is -1.36. The average molecular weight is 287 g/mol. The standard InChI is InChI=1S/C11H11BrO4/c1-15-10(14)11(7-12,16-8-13)9-5-3-2-4-6-9/h2-6,8H,7H2,1H3. The van der Waals surface area contributed by atoms with Gasteiger partial charge in [-0.15, -0.1) is 0 Å². The molecule has 0 amide bonds. The minimum Gasteiger partial charge on any atom is -0.466 e. The van der Waals surface area contributed by atoms with E-state index in [9.17, 15) is 9.59 Å². The van der Waals surface area contributed by atoms with Gasteiger partial charge in [0.15, 0.2) is 0 Å². The Kier molecular flexibility index (Phi) is 4.49. The van der Waals surface area contributed by atoms with Crippen LogP contribution >= 0.6 is 15.9 Å². The first-order valence-electron chi connectivity index (χ1n) is 4.52. The molecule has 0 heterocycles. The lowest BCUT2D eigenvalue weighted by Crippen LogP contribution is -2.41. The van der Waals surface area contributed by atoms with Crippen molar-refractivity contribution in [1.29, 1.82) is 0 Å². The Balaban J connectivity index is 3.22. The number of esters is 1. The molecule has 86 valence electrons. The fourth-order valence-electron chi connectivity index (χ4n) is 1.35. The van der Waals surface area contributed by atoms with Crippen molar-refractivity contribution in [1.82, 2.24) is 0 Å². The molecule has 1 aromatic rings. The maximum Gasteiger partial charge on any atom is 0.356 e. The van der Waals surface area contributed by atoms with E-state index in [0.29, 0.717) is 5.56 Å². The van der Waals surface area contributed by atoms with Crippen molar-refractivity contribution in [2.45, 2.75) is 5.60 Å². The topological polar surface area (TPSA) is 52.6 Å². The van der Waals surface area contributed by atoms with Crippen LogP contribution in [0, 0.1) is 0 Å². The number of hydrogen-bond donors (Lipinski definition) is 0. The Labute approximate surface area is 102 Å². The van der Waals surface area contributed by atoms with E-state index in [1.54, 1.807) is 30.3 Å². The molecule has 5 heteroatoms. The molecular formula is C11H11BrO4. The van der Waals surface area contributed by atoms with Gasteiger partial charge in [-0.2, -0.15) is 0 Å². The van der Waals surface area contributed by atoms with Gasteiger partial charge >= 0.3 is 5.97 Å². The molecule has 1 aromatic carbocycles. The lowest BCUT2D eigenvalue weighted by atomic mass is 9.96. The number of carbonyl (C=O) groups excluding carboxylic acids is 2. The summed E-state index contributed by atoms with van der Waals surface area (Å²) in [6.07, 6.45) is 0. The van der Waals surface area contributed by atoms with Gasteiger partial charge in [-0.3, -0.25) is 4.79 Å². The second-order valence-electron chi connectivity index (χ2n) is 3.03. The molecular weight excluding hydrogens is 276 g/mol. The number of alkyl halides is 1. The number of benzene rings is 1. The summed E-state index contributed by atoms with van der Waals surface area (Å²) < 4.78 is 9.58. The molecule has 0 N–H and O–H groups in total. The van der Waals surface area contributed by atoms with Gasteiger partial charge in [0.25, 0.3) is 6.47 Å². The fourth-order valence-corrected chi connectivity index (χ4v) is 2.04. The zero-order valence-electron chi connectivity index (χ0n) is 8.68. The van der Waals surface area contributed by atoms with Crippen molar-refractivity contribution in [3.63, 3.8) is 0 Å². The van der Waals surface area contributed by atoms with Crippen LogP contribution in [0.15, 0.2) is 30.3 Å². The third-order valence-electron chi connectivity index (χ3n) is 2.19. The molecule has 0 aliphatic rings. The van der Waals surface area contributed by atoms with Gasteiger partial charge in [-0.25, -0.2) is 4.79 Å². The zero-order valence-corrected chi connectivity index (χ0v) is 10.3. The predicted octanol–water partition coefficient (Wildman–Crippen LogP) is 1.62. The van der Waals surface area contributed by atoms with E-state index < -0.39 is 11.6 Å². The summed E-state index contributed by atoms with van der Waals surface area (Å²) in [7, 11) is 1.25. The van der Waals surface area contributed by atoms with Crippen LogP contribution in [0.4, 0.5) is 0 Å². The molecule has 1 rings (SSSR count). The lowest BCUT2D eigenvalue weighted by molar-refractivity contribution is -0.171. The number of carbonyl (C=O) groups is 2. The van der Waals surface area contributed by atoms with Crippen LogP contribution < -0.4 is 0 Å². The van der Waals surface area contributed by atoms with Gasteiger partial charge in [0.05, 0.1) is 12.4 Å². The minimum atomic E-state index is -1.42. The third-order valence-corrected chi connectivity index (χ3v) is 2.98. The Morgan fingerprint density at radius 1 is 1.44 bits per heavy atom. The summed E-state index contributed by atoms with van der Waals surface area (Å²) in [6, 6.07) is 8.71. The van der Waals surface area contributed by atoms with E-state index in [-0.39, 0.29) is 11.8 Å². The van der Waals surface area contributed by atoms with Gasteiger partial charge in [0.1, 0.15) is 0 Å². The van der Waals surface area contributed by atoms with E-state index in [4.69, 9.17) is 4.74 Å². The van der Waals surface area contributed by atoms with E-state index in [2.05, 4.69) is 20.7 Å². The maximum absolute atomic E-state index is 11.7. The summed E-state index contributed by atoms with van der Waals surface area (Å²) in [5, 5.41) is 0.134. The largest absolute Gasteiger partial charge is 0.466 e. The molecule has 0 aliphatic heterocycles. The first kappa shape index (κ1) is 12.7. The molecule has 0 saturated carbocycles. The number of halogens is 1. The second-order valence-corrected chi connectivity index (χ2v) is 3.59. The van der Waals surface area contributed by atoms with Crippen molar-refractivity contribution in [2.24, 2.45) is 0 Å². The Bertz CT molecular complexity index is 366. The maximum atomic E-state index is 11.7. The van der Waals surface area contributed by atoms with Crippen molar-refractivity contribution < 1.29 is 19.1 Å². The van der Waals surface area contributed by atoms with Crippen LogP contribution in [0.25, 0.3) is 0 Å². The quantitative estimate of drug-likeness (QED) is 0.469. The highest BCUT2D eigenvalue weighted by Gasteiger charge is 2.43. The highest BCUT2D eigenvalue weighted by Crippen LogP contribution is 2.28. The normalized spacial score (nSPS) is 13.6. The van der Waals surface area contributed by atoms with Crippen LogP contribution in [-0.2, 0) is 24.7 Å². The van der Waals surface area contributed by atoms with Gasteiger partial charge in [-0.1, -0.05) is 46.3 Å². The molecule has 0 aliphatic carbocycles. The molecule has 0 aromatic heterocycles. The predicted molar refractivity (Wildman–Crippen MR) is 61.1 cm³/mol. The van der Waals surface area contributed by atoms with Gasteiger partial charge in [-0.05, 0) is 0 Å². The summed E-state index contributed by atoms with van der Waals surface area (Å²) >= 11 is 3.17. The van der Waals surface area contributed by atoms with Crippen molar-refractivity contribution >= 4 is 28.4 Å². The number of ether oxygens (including phenoxy) is 2.